The predicted molar refractivity (Wildman–Crippen MR) is 37.1 cm³/mol. The molecule has 1 rings (SSSR count). The van der Waals surface area contributed by atoms with Gasteiger partial charge in [0, 0.05) is 18.1 Å². The van der Waals surface area contributed by atoms with Gasteiger partial charge in [0.15, 0.2) is 0 Å². The van der Waals surface area contributed by atoms with Gasteiger partial charge in [-0.1, -0.05) is 0 Å². The Hall–Kier alpha value is -0.570. The van der Waals surface area contributed by atoms with Gasteiger partial charge in [-0.05, 0) is 6.07 Å². The summed E-state index contributed by atoms with van der Waals surface area (Å²) in [5, 5.41) is 0. The quantitative estimate of drug-likeness (QED) is 0.500. The molecule has 0 saturated heterocycles. The molecule has 0 aliphatic carbocycles. The van der Waals surface area contributed by atoms with Crippen molar-refractivity contribution in [3.63, 3.8) is 0 Å². The van der Waals surface area contributed by atoms with Crippen LogP contribution in [-0.4, -0.2) is 4.57 Å². The molecule has 0 aliphatic heterocycles. The van der Waals surface area contributed by atoms with Crippen LogP contribution >= 0.6 is 12.6 Å². The summed E-state index contributed by atoms with van der Waals surface area (Å²) in [7, 11) is 1.88. The van der Waals surface area contributed by atoms with Gasteiger partial charge in [0.25, 0.3) is 0 Å². The monoisotopic (exact) mass is 128 g/mol. The number of aromatic nitrogens is 1. The molecule has 1 aromatic rings. The molecule has 44 valence electrons. The highest BCUT2D eigenvalue weighted by Crippen LogP contribution is 2.14. The highest BCUT2D eigenvalue weighted by atomic mass is 32.1. The van der Waals surface area contributed by atoms with Crippen LogP contribution in [0.3, 0.4) is 0 Å². The number of aryl methyl sites for hydroxylation is 1. The Labute approximate surface area is 53.7 Å². The van der Waals surface area contributed by atoms with Gasteiger partial charge in [0.2, 0.25) is 0 Å². The average Bonchev–Trinajstić information content (AvgIpc) is 1.98. The summed E-state index contributed by atoms with van der Waals surface area (Å²) in [5.41, 5.74) is 5.49. The topological polar surface area (TPSA) is 30.9 Å². The van der Waals surface area contributed by atoms with Gasteiger partial charge in [-0.3, -0.25) is 0 Å². The van der Waals surface area contributed by atoms with Crippen LogP contribution < -0.4 is 5.73 Å². The predicted octanol–water partition coefficient (Wildman–Crippen LogP) is 0.896. The molecular weight excluding hydrogens is 120 g/mol. The molecule has 0 saturated carbocycles. The van der Waals surface area contributed by atoms with Crippen LogP contribution in [0.15, 0.2) is 17.2 Å². The number of hydrogen-bond donors (Lipinski definition) is 2. The summed E-state index contributed by atoms with van der Waals surface area (Å²) in [4.78, 5) is 0.840. The maximum atomic E-state index is 5.49. The van der Waals surface area contributed by atoms with E-state index in [1.165, 1.54) is 0 Å². The van der Waals surface area contributed by atoms with E-state index in [4.69, 9.17) is 5.73 Å². The van der Waals surface area contributed by atoms with Crippen molar-refractivity contribution < 1.29 is 0 Å². The molecule has 2 nitrogen and oxygen atoms in total. The molecule has 0 bridgehead atoms. The Kier molecular flexibility index (Phi) is 1.21. The first-order valence-corrected chi connectivity index (χ1v) is 2.76. The highest BCUT2D eigenvalue weighted by Gasteiger charge is 1.94. The summed E-state index contributed by atoms with van der Waals surface area (Å²) in [5.74, 6) is 0.716. The smallest absolute Gasteiger partial charge is 0.116 e. The van der Waals surface area contributed by atoms with Crippen molar-refractivity contribution >= 4 is 18.4 Å². The first-order valence-electron chi connectivity index (χ1n) is 2.31. The van der Waals surface area contributed by atoms with E-state index in [-0.39, 0.29) is 0 Å². The van der Waals surface area contributed by atoms with Crippen molar-refractivity contribution in [2.75, 3.05) is 5.73 Å². The molecule has 0 fully saturated rings. The molecule has 0 aromatic carbocycles. The SMILES string of the molecule is Cn1ccc(S)c1N. The van der Waals surface area contributed by atoms with Gasteiger partial charge in [-0.2, -0.15) is 0 Å². The van der Waals surface area contributed by atoms with E-state index < -0.39 is 0 Å². The van der Waals surface area contributed by atoms with Crippen LogP contribution in [0.4, 0.5) is 5.82 Å². The largest absolute Gasteiger partial charge is 0.384 e. The van der Waals surface area contributed by atoms with E-state index >= 15 is 0 Å². The van der Waals surface area contributed by atoms with E-state index in [0.29, 0.717) is 5.82 Å². The summed E-state index contributed by atoms with van der Waals surface area (Å²) in [6.07, 6.45) is 1.87. The lowest BCUT2D eigenvalue weighted by molar-refractivity contribution is 0.936. The molecule has 2 N–H and O–H groups in total. The maximum Gasteiger partial charge on any atom is 0.116 e. The van der Waals surface area contributed by atoms with Gasteiger partial charge in [-0.25, -0.2) is 0 Å². The van der Waals surface area contributed by atoms with Crippen LogP contribution in [0.5, 0.6) is 0 Å². The Morgan fingerprint density at radius 1 is 1.75 bits per heavy atom. The average molecular weight is 128 g/mol. The normalized spacial score (nSPS) is 9.75. The van der Waals surface area contributed by atoms with Crippen molar-refractivity contribution in [1.29, 1.82) is 0 Å². The van der Waals surface area contributed by atoms with Crippen molar-refractivity contribution in [2.45, 2.75) is 4.90 Å². The Morgan fingerprint density at radius 2 is 2.38 bits per heavy atom. The summed E-state index contributed by atoms with van der Waals surface area (Å²) in [6.45, 7) is 0. The van der Waals surface area contributed by atoms with Gasteiger partial charge in [-0.15, -0.1) is 12.6 Å². The summed E-state index contributed by atoms with van der Waals surface area (Å²) >= 11 is 4.07. The summed E-state index contributed by atoms with van der Waals surface area (Å²) in [6, 6.07) is 1.86. The Morgan fingerprint density at radius 3 is 2.50 bits per heavy atom. The number of hydrogen-bond acceptors (Lipinski definition) is 2. The number of anilines is 1. The number of nitrogens with zero attached hydrogens (tertiary/aromatic N) is 1. The third-order valence-electron chi connectivity index (χ3n) is 1.10. The van der Waals surface area contributed by atoms with Crippen LogP contribution in [0.1, 0.15) is 0 Å². The van der Waals surface area contributed by atoms with Crippen molar-refractivity contribution in [1.82, 2.24) is 4.57 Å². The van der Waals surface area contributed by atoms with Gasteiger partial charge >= 0.3 is 0 Å². The van der Waals surface area contributed by atoms with Crippen LogP contribution in [0, 0.1) is 0 Å². The van der Waals surface area contributed by atoms with E-state index in [0.717, 1.165) is 4.90 Å². The fourth-order valence-electron chi connectivity index (χ4n) is 0.529. The van der Waals surface area contributed by atoms with Crippen LogP contribution in [-0.2, 0) is 7.05 Å². The van der Waals surface area contributed by atoms with E-state index in [1.54, 1.807) is 0 Å². The molecule has 1 aromatic heterocycles. The Bertz CT molecular complexity index is 173. The summed E-state index contributed by atoms with van der Waals surface area (Å²) < 4.78 is 1.82. The third-order valence-corrected chi connectivity index (χ3v) is 1.48. The first-order chi connectivity index (χ1) is 3.72. The zero-order chi connectivity index (χ0) is 6.15. The molecule has 0 unspecified atom stereocenters. The van der Waals surface area contributed by atoms with E-state index in [9.17, 15) is 0 Å². The van der Waals surface area contributed by atoms with Crippen molar-refractivity contribution in [2.24, 2.45) is 7.05 Å². The molecule has 0 aliphatic rings. The molecule has 1 heterocycles. The lowest BCUT2D eigenvalue weighted by atomic mass is 10.6. The fraction of sp³-hybridized carbons (Fsp3) is 0.200. The van der Waals surface area contributed by atoms with Crippen molar-refractivity contribution in [3.8, 4) is 0 Å². The molecule has 0 radical (unpaired) electrons. The van der Waals surface area contributed by atoms with E-state index in [1.807, 2.05) is 23.9 Å². The zero-order valence-corrected chi connectivity index (χ0v) is 5.52. The van der Waals surface area contributed by atoms with Crippen molar-refractivity contribution in [3.05, 3.63) is 12.3 Å². The highest BCUT2D eigenvalue weighted by molar-refractivity contribution is 7.80. The number of thiol groups is 1. The number of rotatable bonds is 0. The minimum absolute atomic E-state index is 0.716. The lowest BCUT2D eigenvalue weighted by Gasteiger charge is -1.93. The van der Waals surface area contributed by atoms with Gasteiger partial charge in [0.1, 0.15) is 5.82 Å². The first kappa shape index (κ1) is 5.56. The zero-order valence-electron chi connectivity index (χ0n) is 4.63. The molecule has 3 heteroatoms. The molecule has 0 atom stereocenters. The second-order valence-corrected chi connectivity index (χ2v) is 2.18. The van der Waals surface area contributed by atoms with Crippen LogP contribution in [0.2, 0.25) is 0 Å². The van der Waals surface area contributed by atoms with Gasteiger partial charge in [0.05, 0.1) is 0 Å². The standard InChI is InChI=1S/C5H8N2S/c1-7-3-2-4(8)5(7)6/h2-3,8H,6H2,1H3. The fourth-order valence-corrected chi connectivity index (χ4v) is 0.753. The third kappa shape index (κ3) is 0.690. The number of nitrogens with two attached hydrogens (primary N) is 1. The molecular formula is C5H8N2S. The van der Waals surface area contributed by atoms with Gasteiger partial charge < -0.3 is 10.3 Å². The minimum Gasteiger partial charge on any atom is -0.384 e. The second-order valence-electron chi connectivity index (χ2n) is 1.70. The second kappa shape index (κ2) is 1.74. The number of nitrogen functional groups attached to an aromatic ring is 1. The molecule has 0 spiro atoms. The lowest BCUT2D eigenvalue weighted by Crippen LogP contribution is -1.93. The van der Waals surface area contributed by atoms with E-state index in [2.05, 4.69) is 12.6 Å². The molecule has 8 heavy (non-hydrogen) atoms. The maximum absolute atomic E-state index is 5.49. The van der Waals surface area contributed by atoms with Crippen LogP contribution in [0.25, 0.3) is 0 Å². The Balaban J connectivity index is 3.19. The molecule has 0 amide bonds. The minimum atomic E-state index is 0.716.